The molecule has 5 rings (SSSR count). The Hall–Kier alpha value is -8.92. The van der Waals surface area contributed by atoms with Crippen LogP contribution in [-0.2, 0) is 70.4 Å². The van der Waals surface area contributed by atoms with Crippen molar-refractivity contribution in [2.24, 2.45) is 41.2 Å². The summed E-state index contributed by atoms with van der Waals surface area (Å²) in [5, 5.41) is 25.8. The number of likely N-dealkylation sites (tertiary alicyclic amines) is 2. The highest BCUT2D eigenvalue weighted by Crippen LogP contribution is 2.34. The number of primary amides is 1. The van der Waals surface area contributed by atoms with E-state index >= 15 is 0 Å². The number of esters is 1. The number of piperidine rings is 1. The number of nitrogens with zero attached hydrogens (tertiary/aromatic N) is 6. The lowest BCUT2D eigenvalue weighted by molar-refractivity contribution is -0.148. The fourth-order valence-corrected chi connectivity index (χ4v) is 13.5. The zero-order chi connectivity index (χ0) is 78.4. The van der Waals surface area contributed by atoms with Crippen molar-refractivity contribution >= 4 is 70.9 Å². The number of halogens is 5. The molecule has 3 heterocycles. The molecule has 0 spiro atoms. The van der Waals surface area contributed by atoms with Crippen molar-refractivity contribution < 1.29 is 88.9 Å². The molecule has 2 saturated heterocycles. The summed E-state index contributed by atoms with van der Waals surface area (Å²) < 4.78 is 86.3. The number of ether oxygens (including phenoxy) is 3. The van der Waals surface area contributed by atoms with Crippen molar-refractivity contribution in [3.8, 4) is 5.75 Å². The standard InChI is InChI=1S/C71H106F5N15O14/c1-16-39(8)61(89(13)69(100)59(37(4)5)86-68(99)60(38(6)7)88(11)12)48(103-14)33-52(94)91-29-18-20-47(91)62(104-15)41(10)64(95)84-46(32-49-80-35-81-87-49)65(96)79-34-42-21-23-44(24-22-42)82-66(97)45(19-17-28-78-71(77)102)83-67(98)58(36(2)3)85-50(92)25-26-51(93)90-30-27-43(31-40(90)9)70(101)105-63-56(75)54(73)53(72)55(74)57(63)76/h21-24,35-41,43,45-48,58-62H,16-20,25-34H2,1-15H3,(H,79,96)(H,82,97)(H,83,98)(H,84,95)(H,85,92)(H,86,99)(H3,77,78,102)(H,80,81,87)/t39-,40?,41+,43?,45-,46-,47-,48+,58?,59-,60-,61-,62+/m0/s1. The average Bonchev–Trinajstić information content (AvgIpc) is 1.20. The Bertz CT molecular complexity index is 3450. The number of anilines is 1. The number of hydrogen-bond acceptors (Lipinski definition) is 17. The number of aromatic nitrogens is 3. The summed E-state index contributed by atoms with van der Waals surface area (Å²) in [5.41, 5.74) is 6.09. The van der Waals surface area contributed by atoms with E-state index in [9.17, 15) is 74.7 Å². The summed E-state index contributed by atoms with van der Waals surface area (Å²) in [4.78, 5) is 161. The van der Waals surface area contributed by atoms with Gasteiger partial charge in [-0.15, -0.1) is 0 Å². The second-order valence-corrected chi connectivity index (χ2v) is 28.3. The van der Waals surface area contributed by atoms with Crippen molar-refractivity contribution in [3.63, 3.8) is 0 Å². The molecule has 29 nitrogen and oxygen atoms in total. The van der Waals surface area contributed by atoms with Gasteiger partial charge in [0, 0.05) is 78.4 Å². The van der Waals surface area contributed by atoms with Crippen molar-refractivity contribution in [2.75, 3.05) is 60.3 Å². The quantitative estimate of drug-likeness (QED) is 0.00951. The fourth-order valence-electron chi connectivity index (χ4n) is 13.5. The summed E-state index contributed by atoms with van der Waals surface area (Å²) >= 11 is 0. The summed E-state index contributed by atoms with van der Waals surface area (Å²) in [6, 6.07) is -1.31. The second kappa shape index (κ2) is 40.5. The number of methoxy groups -OCH3 is 2. The molecular formula is C71H106F5N15O14. The van der Waals surface area contributed by atoms with Crippen LogP contribution < -0.4 is 47.7 Å². The fraction of sp³-hybridized carbons (Fsp3) is 0.648. The molecule has 0 aliphatic carbocycles. The zero-order valence-electron chi connectivity index (χ0n) is 62.6. The van der Waals surface area contributed by atoms with Crippen molar-refractivity contribution in [2.45, 2.75) is 207 Å². The number of nitrogens with one attached hydrogen (secondary N) is 8. The Balaban J connectivity index is 1.19. The first-order chi connectivity index (χ1) is 49.5. The van der Waals surface area contributed by atoms with Crippen LogP contribution in [0.3, 0.4) is 0 Å². The number of benzene rings is 2. The smallest absolute Gasteiger partial charge is 0.314 e. The molecule has 2 aliphatic rings. The molecule has 2 fully saturated rings. The number of amides is 11. The number of urea groups is 1. The monoisotopic (exact) mass is 1490 g/mol. The van der Waals surface area contributed by atoms with Gasteiger partial charge >= 0.3 is 12.0 Å². The first-order valence-electron chi connectivity index (χ1n) is 35.5. The van der Waals surface area contributed by atoms with Gasteiger partial charge < -0.3 is 71.9 Å². The maximum Gasteiger partial charge on any atom is 0.314 e. The number of rotatable bonds is 38. The first kappa shape index (κ1) is 86.7. The van der Waals surface area contributed by atoms with E-state index in [0.29, 0.717) is 37.2 Å². The average molecular weight is 1490 g/mol. The molecule has 34 heteroatoms. The van der Waals surface area contributed by atoms with Crippen molar-refractivity contribution in [3.05, 3.63) is 71.1 Å². The SMILES string of the molecule is CC[C@H](C)[C@@H]([C@@H](CC(=O)N1CCC[C@H]1[C@H](OC)[C@@H](C)C(=O)N[C@@H](Cc1ncn[nH]1)C(=O)NCc1ccc(NC(=O)[C@H](CCCNC(N)=O)NC(=O)C(NC(=O)CCC(=O)N2CCC(C(=O)Oc3c(F)c(F)c(F)c(F)c3F)CC2C)C(C)C)cc1)OC)N(C)C(=O)[C@@H](NC(=O)[C@H](C(C)C)N(C)C)C(C)C. The second-order valence-electron chi connectivity index (χ2n) is 28.3. The van der Waals surface area contributed by atoms with Gasteiger partial charge in [-0.2, -0.15) is 13.9 Å². The maximum atomic E-state index is 14.6. The highest BCUT2D eigenvalue weighted by atomic mass is 19.2. The van der Waals surface area contributed by atoms with E-state index in [4.69, 9.17) is 15.2 Å². The predicted molar refractivity (Wildman–Crippen MR) is 375 cm³/mol. The van der Waals surface area contributed by atoms with Gasteiger partial charge in [-0.25, -0.2) is 22.9 Å². The molecule has 11 amide bonds. The molecule has 2 aliphatic heterocycles. The minimum absolute atomic E-state index is 0.0203. The van der Waals surface area contributed by atoms with E-state index < -0.39 is 167 Å². The molecule has 584 valence electrons. The van der Waals surface area contributed by atoms with Gasteiger partial charge in [0.1, 0.15) is 36.3 Å². The molecule has 1 aromatic heterocycles. The highest BCUT2D eigenvalue weighted by molar-refractivity contribution is 5.99. The van der Waals surface area contributed by atoms with E-state index in [-0.39, 0.29) is 106 Å². The number of carbonyl (C=O) groups excluding carboxylic acids is 11. The van der Waals surface area contributed by atoms with Crippen LogP contribution in [0.4, 0.5) is 32.4 Å². The maximum absolute atomic E-state index is 14.6. The molecule has 10 N–H and O–H groups in total. The van der Waals surface area contributed by atoms with Gasteiger partial charge in [0.2, 0.25) is 88.0 Å². The van der Waals surface area contributed by atoms with E-state index in [1.165, 1.54) is 25.4 Å². The van der Waals surface area contributed by atoms with Crippen LogP contribution in [0.15, 0.2) is 30.6 Å². The topological polar surface area (TPSA) is 380 Å². The Labute approximate surface area is 609 Å². The predicted octanol–water partition coefficient (Wildman–Crippen LogP) is 4.52. The minimum Gasteiger partial charge on any atom is -0.420 e. The molecule has 3 unspecified atom stereocenters. The van der Waals surface area contributed by atoms with Gasteiger partial charge in [0.25, 0.3) is 0 Å². The number of aromatic amines is 1. The lowest BCUT2D eigenvalue weighted by Crippen LogP contribution is -2.59. The number of carbonyl (C=O) groups is 11. The van der Waals surface area contributed by atoms with Crippen LogP contribution in [0, 0.1) is 64.6 Å². The van der Waals surface area contributed by atoms with E-state index in [1.54, 1.807) is 68.8 Å². The Morgan fingerprint density at radius 1 is 0.695 bits per heavy atom. The number of likely N-dealkylation sites (N-methyl/N-ethyl adjacent to an activating group) is 2. The van der Waals surface area contributed by atoms with E-state index in [2.05, 4.69) is 57.1 Å². The summed E-state index contributed by atoms with van der Waals surface area (Å²) in [7, 11) is 8.26. The number of nitrogens with two attached hydrogens (primary N) is 1. The van der Waals surface area contributed by atoms with Crippen LogP contribution in [0.5, 0.6) is 5.75 Å². The summed E-state index contributed by atoms with van der Waals surface area (Å²) in [6.07, 6.45) is 0.368. The molecule has 0 saturated carbocycles. The van der Waals surface area contributed by atoms with Gasteiger partial charge in [0.15, 0.2) is 0 Å². The molecule has 0 radical (unpaired) electrons. The van der Waals surface area contributed by atoms with Crippen LogP contribution in [-0.4, -0.2) is 215 Å². The van der Waals surface area contributed by atoms with Crippen molar-refractivity contribution in [1.29, 1.82) is 0 Å². The molecule has 0 bridgehead atoms. The van der Waals surface area contributed by atoms with Crippen LogP contribution in [0.1, 0.15) is 145 Å². The van der Waals surface area contributed by atoms with Crippen LogP contribution in [0.2, 0.25) is 0 Å². The third kappa shape index (κ3) is 23.8. The van der Waals surface area contributed by atoms with Gasteiger partial charge in [-0.05, 0) is 101 Å². The van der Waals surface area contributed by atoms with E-state index in [1.807, 2.05) is 60.5 Å². The lowest BCUT2D eigenvalue weighted by Gasteiger charge is -2.41. The first-order valence-corrected chi connectivity index (χ1v) is 35.5. The van der Waals surface area contributed by atoms with E-state index in [0.717, 1.165) is 0 Å². The molecule has 3 aromatic rings. The third-order valence-corrected chi connectivity index (χ3v) is 19.5. The molecule has 2 aromatic carbocycles. The van der Waals surface area contributed by atoms with Gasteiger partial charge in [0.05, 0.1) is 48.6 Å². The van der Waals surface area contributed by atoms with Crippen molar-refractivity contribution in [1.82, 2.24) is 66.7 Å². The summed E-state index contributed by atoms with van der Waals surface area (Å²) in [5.74, 6) is -22.0. The third-order valence-electron chi connectivity index (χ3n) is 19.5. The lowest BCUT2D eigenvalue weighted by atomic mass is 9.89. The van der Waals surface area contributed by atoms with Gasteiger partial charge in [-0.3, -0.25) is 57.9 Å². The Morgan fingerprint density at radius 3 is 1.88 bits per heavy atom. The Morgan fingerprint density at radius 2 is 1.32 bits per heavy atom. The largest absolute Gasteiger partial charge is 0.420 e. The number of hydrogen-bond donors (Lipinski definition) is 9. The molecular weight excluding hydrogens is 1380 g/mol. The molecule has 13 atom stereocenters. The zero-order valence-corrected chi connectivity index (χ0v) is 62.6. The highest BCUT2D eigenvalue weighted by Gasteiger charge is 2.45. The Kier molecular flexibility index (Phi) is 33.5. The normalized spacial score (nSPS) is 18.2. The minimum atomic E-state index is -2.42. The van der Waals surface area contributed by atoms with Gasteiger partial charge in [-0.1, -0.05) is 80.9 Å². The van der Waals surface area contributed by atoms with Crippen LogP contribution >= 0.6 is 0 Å². The summed E-state index contributed by atoms with van der Waals surface area (Å²) in [6.45, 7) is 18.3. The molecule has 105 heavy (non-hydrogen) atoms. The van der Waals surface area contributed by atoms with Crippen LogP contribution in [0.25, 0.3) is 0 Å². The number of H-pyrrole nitrogens is 1.